The van der Waals surface area contributed by atoms with Crippen molar-refractivity contribution in [2.45, 2.75) is 26.5 Å². The van der Waals surface area contributed by atoms with Crippen LogP contribution in [0, 0.1) is 6.92 Å². The summed E-state index contributed by atoms with van der Waals surface area (Å²) in [4.78, 5) is 7.03. The van der Waals surface area contributed by atoms with Crippen molar-refractivity contribution in [3.63, 3.8) is 0 Å². The minimum atomic E-state index is -10.0. The molecule has 168 valence electrons. The highest BCUT2D eigenvalue weighted by Gasteiger charge is 2.65. The van der Waals surface area contributed by atoms with Crippen molar-refractivity contribution in [2.75, 3.05) is 13.4 Å². The van der Waals surface area contributed by atoms with Crippen LogP contribution in [0.25, 0.3) is 0 Å². The number of hydrogen-bond donors (Lipinski definition) is 0. The number of halogens is 5. The molecule has 0 aromatic heterocycles. The lowest BCUT2D eigenvalue weighted by Gasteiger charge is -2.40. The van der Waals surface area contributed by atoms with Crippen molar-refractivity contribution in [3.05, 3.63) is 47.5 Å². The molecule has 0 N–H and O–H groups in total. The van der Waals surface area contributed by atoms with Crippen molar-refractivity contribution in [2.24, 2.45) is 0 Å². The number of carbonyl (C=O) groups is 1. The Kier molecular flexibility index (Phi) is 5.14. The molecule has 14 heteroatoms. The predicted octanol–water partition coefficient (Wildman–Crippen LogP) is 4.68. The summed E-state index contributed by atoms with van der Waals surface area (Å²) in [6.07, 6.45) is 0.662. The third-order valence-corrected chi connectivity index (χ3v) is 8.20. The van der Waals surface area contributed by atoms with Gasteiger partial charge in [-0.15, -0.1) is 0 Å². The number of carbonyl (C=O) groups excluding carboxylic acids is 1. The van der Waals surface area contributed by atoms with Gasteiger partial charge in [0.2, 0.25) is 9.84 Å². The fourth-order valence-electron chi connectivity index (χ4n) is 2.49. The van der Waals surface area contributed by atoms with E-state index in [-0.39, 0.29) is 23.3 Å². The van der Waals surface area contributed by atoms with Crippen molar-refractivity contribution in [1.29, 1.82) is 0 Å². The third kappa shape index (κ3) is 4.75. The summed E-state index contributed by atoms with van der Waals surface area (Å²) < 4.78 is 119. The van der Waals surface area contributed by atoms with E-state index in [1.807, 2.05) is 0 Å². The second-order valence-corrected chi connectivity index (χ2v) is 12.6. The fourth-order valence-corrected chi connectivity index (χ4v) is 6.09. The van der Waals surface area contributed by atoms with Gasteiger partial charge in [-0.25, -0.2) is 21.6 Å². The number of sulfone groups is 2. The average Bonchev–Trinajstić information content (AvgIpc) is 2.58. The van der Waals surface area contributed by atoms with Crippen LogP contribution < -0.4 is 0 Å². The summed E-state index contributed by atoms with van der Waals surface area (Å²) in [5.74, 6) is -0.943. The highest BCUT2D eigenvalue weighted by Crippen LogP contribution is 3.02. The van der Waals surface area contributed by atoms with Crippen LogP contribution in [0.4, 0.5) is 19.4 Å². The molecule has 2 rings (SSSR count). The minimum absolute atomic E-state index is 0.0106. The smallest absolute Gasteiger partial charge is 0.338 e. The van der Waals surface area contributed by atoms with Crippen LogP contribution in [0.2, 0.25) is 0 Å². The zero-order valence-electron chi connectivity index (χ0n) is 15.5. The van der Waals surface area contributed by atoms with Crippen LogP contribution in [-0.2, 0) is 24.4 Å². The summed E-state index contributed by atoms with van der Waals surface area (Å²) in [6, 6.07) is 2.04. The molecule has 30 heavy (non-hydrogen) atoms. The standard InChI is InChI=1S/C16H15F5O6S3/c1-10-8-15(14(28(3,23)24)9-13(10)16(22)27-2)29(25,26)11-4-6-12(7-5-11)30(17,18,19,20)21/h4-9H,1-3H3. The number of esters is 1. The molecule has 0 saturated carbocycles. The van der Waals surface area contributed by atoms with Gasteiger partial charge in [0.15, 0.2) is 9.84 Å². The summed E-state index contributed by atoms with van der Waals surface area (Å²) in [5.41, 5.74) is -0.232. The molecular weight excluding hydrogens is 479 g/mol. The zero-order chi connectivity index (χ0) is 23.4. The fraction of sp³-hybridized carbons (Fsp3) is 0.188. The van der Waals surface area contributed by atoms with E-state index < -0.39 is 55.4 Å². The van der Waals surface area contributed by atoms with E-state index in [0.29, 0.717) is 18.4 Å². The Morgan fingerprint density at radius 3 is 1.80 bits per heavy atom. The monoisotopic (exact) mass is 494 g/mol. The topological polar surface area (TPSA) is 94.6 Å². The normalized spacial score (nSPS) is 15.2. The molecule has 0 radical (unpaired) electrons. The van der Waals surface area contributed by atoms with E-state index in [1.54, 1.807) is 0 Å². The van der Waals surface area contributed by atoms with Crippen molar-refractivity contribution >= 4 is 35.9 Å². The van der Waals surface area contributed by atoms with Crippen LogP contribution in [0.5, 0.6) is 0 Å². The Bertz CT molecular complexity index is 1250. The molecule has 0 spiro atoms. The number of hydrogen-bond acceptors (Lipinski definition) is 6. The van der Waals surface area contributed by atoms with Crippen molar-refractivity contribution in [3.8, 4) is 0 Å². The predicted molar refractivity (Wildman–Crippen MR) is 98.9 cm³/mol. The quantitative estimate of drug-likeness (QED) is 0.443. The highest BCUT2D eigenvalue weighted by atomic mass is 32.5. The molecule has 0 unspecified atom stereocenters. The molecule has 0 saturated heterocycles. The summed E-state index contributed by atoms with van der Waals surface area (Å²) in [6.45, 7) is 1.29. The maximum Gasteiger partial charge on any atom is 0.338 e. The first-order chi connectivity index (χ1) is 13.2. The lowest BCUT2D eigenvalue weighted by molar-refractivity contribution is 0.0599. The zero-order valence-corrected chi connectivity index (χ0v) is 18.0. The van der Waals surface area contributed by atoms with Crippen LogP contribution in [0.3, 0.4) is 0 Å². The van der Waals surface area contributed by atoms with Gasteiger partial charge in [0.25, 0.3) is 0 Å². The van der Waals surface area contributed by atoms with E-state index in [1.165, 1.54) is 6.92 Å². The largest absolute Gasteiger partial charge is 0.465 e. The number of rotatable bonds is 5. The second kappa shape index (κ2) is 6.40. The molecule has 0 aliphatic rings. The van der Waals surface area contributed by atoms with E-state index in [4.69, 9.17) is 0 Å². The van der Waals surface area contributed by atoms with Gasteiger partial charge in [-0.1, -0.05) is 19.4 Å². The van der Waals surface area contributed by atoms with Gasteiger partial charge >= 0.3 is 16.2 Å². The Morgan fingerprint density at radius 2 is 1.40 bits per heavy atom. The van der Waals surface area contributed by atoms with Gasteiger partial charge in [0, 0.05) is 6.26 Å². The Balaban J connectivity index is 2.77. The summed E-state index contributed by atoms with van der Waals surface area (Å²) >= 11 is 0. The lowest BCUT2D eigenvalue weighted by Crippen LogP contribution is -2.14. The van der Waals surface area contributed by atoms with Crippen LogP contribution >= 0.6 is 10.2 Å². The minimum Gasteiger partial charge on any atom is -0.465 e. The molecule has 0 atom stereocenters. The molecule has 0 heterocycles. The Hall–Kier alpha value is -2.19. The molecule has 2 aromatic carbocycles. The first kappa shape index (κ1) is 24.1. The first-order valence-electron chi connectivity index (χ1n) is 7.71. The summed E-state index contributed by atoms with van der Waals surface area (Å²) in [7, 11) is -18.0. The van der Waals surface area contributed by atoms with Crippen molar-refractivity contribution < 1.29 is 45.8 Å². The van der Waals surface area contributed by atoms with Gasteiger partial charge < -0.3 is 4.74 Å². The maximum absolute atomic E-state index is 12.9. The van der Waals surface area contributed by atoms with E-state index >= 15 is 0 Å². The molecule has 2 aromatic rings. The molecule has 0 aliphatic carbocycles. The first-order valence-corrected chi connectivity index (χ1v) is 13.0. The van der Waals surface area contributed by atoms with Gasteiger partial charge in [-0.2, -0.15) is 0 Å². The Morgan fingerprint density at radius 1 is 0.900 bits per heavy atom. The van der Waals surface area contributed by atoms with Crippen LogP contribution in [0.1, 0.15) is 15.9 Å². The van der Waals surface area contributed by atoms with E-state index in [0.717, 1.165) is 19.2 Å². The SMILES string of the molecule is COC(=O)c1cc(S(C)(=O)=O)c(S(=O)(=O)c2ccc(S(F)(F)(F)(F)F)cc2)cc1C. The lowest BCUT2D eigenvalue weighted by atomic mass is 10.1. The molecule has 0 fully saturated rings. The van der Waals surface area contributed by atoms with Crippen molar-refractivity contribution in [1.82, 2.24) is 0 Å². The van der Waals surface area contributed by atoms with Crippen LogP contribution in [0.15, 0.2) is 56.0 Å². The molecule has 6 nitrogen and oxygen atoms in total. The van der Waals surface area contributed by atoms with Gasteiger partial charge in [-0.3, -0.25) is 0 Å². The third-order valence-electron chi connectivity index (χ3n) is 3.96. The van der Waals surface area contributed by atoms with Crippen LogP contribution in [-0.4, -0.2) is 36.2 Å². The molecule has 0 amide bonds. The van der Waals surface area contributed by atoms with Gasteiger partial charge in [0.05, 0.1) is 27.4 Å². The average molecular weight is 494 g/mol. The number of ether oxygens (including phenoxy) is 1. The molecule has 0 bridgehead atoms. The number of aryl methyl sites for hydroxylation is 1. The van der Waals surface area contributed by atoms with Gasteiger partial charge in [0.1, 0.15) is 4.90 Å². The maximum atomic E-state index is 12.9. The second-order valence-electron chi connectivity index (χ2n) is 6.32. The number of methoxy groups -OCH3 is 1. The summed E-state index contributed by atoms with van der Waals surface area (Å²) in [5, 5.41) is 0. The number of benzene rings is 2. The van der Waals surface area contributed by atoms with Gasteiger partial charge in [-0.05, 0) is 48.9 Å². The Labute approximate surface area is 169 Å². The molecular formula is C16H15F5O6S3. The van der Waals surface area contributed by atoms with E-state index in [2.05, 4.69) is 4.74 Å². The highest BCUT2D eigenvalue weighted by molar-refractivity contribution is 8.45. The molecule has 0 aliphatic heterocycles. The van der Waals surface area contributed by atoms with E-state index in [9.17, 15) is 41.1 Å².